The second-order valence-corrected chi connectivity index (χ2v) is 7.64. The van der Waals surface area contributed by atoms with Crippen LogP contribution in [-0.2, 0) is 21.7 Å². The number of nitrogens with zero attached hydrogens (tertiary/aromatic N) is 1. The van der Waals surface area contributed by atoms with Gasteiger partial charge in [-0.2, -0.15) is 0 Å². The summed E-state index contributed by atoms with van der Waals surface area (Å²) in [6.45, 7) is 1.65. The number of imide groups is 1. The lowest BCUT2D eigenvalue weighted by Gasteiger charge is -2.22. The lowest BCUT2D eigenvalue weighted by Crippen LogP contribution is -2.43. The van der Waals surface area contributed by atoms with Crippen LogP contribution in [0, 0.1) is 0 Å². The molecule has 0 aromatic heterocycles. The third kappa shape index (κ3) is 3.94. The highest BCUT2D eigenvalue weighted by atomic mass is 16.5. The molecular weight excluding hydrogens is 394 g/mol. The fourth-order valence-corrected chi connectivity index (χ4v) is 3.69. The van der Waals surface area contributed by atoms with Gasteiger partial charge in [-0.25, -0.2) is 4.79 Å². The van der Waals surface area contributed by atoms with Gasteiger partial charge in [0.05, 0.1) is 7.11 Å². The molecule has 3 aromatic rings. The number of hydrogen-bond acceptors (Lipinski definition) is 4. The maximum absolute atomic E-state index is 13.1. The molecule has 7 heteroatoms. The summed E-state index contributed by atoms with van der Waals surface area (Å²) in [5.74, 6) is -0.119. The number of urea groups is 1. The first-order chi connectivity index (χ1) is 14.9. The maximum Gasteiger partial charge on any atom is 0.325 e. The predicted molar refractivity (Wildman–Crippen MR) is 116 cm³/mol. The molecule has 1 saturated heterocycles. The number of carbonyl (C=O) groups excluding carboxylic acids is 3. The minimum absolute atomic E-state index is 0.328. The monoisotopic (exact) mass is 417 g/mol. The van der Waals surface area contributed by atoms with Crippen LogP contribution in [0.3, 0.4) is 0 Å². The summed E-state index contributed by atoms with van der Waals surface area (Å²) in [7, 11) is 1.61. The van der Waals surface area contributed by atoms with E-state index in [0.29, 0.717) is 12.1 Å². The normalized spacial score (nSPS) is 18.2. The molecule has 1 heterocycles. The summed E-state index contributed by atoms with van der Waals surface area (Å²) in [6, 6.07) is 20.0. The molecule has 0 aliphatic carbocycles. The minimum atomic E-state index is -1.25. The predicted octanol–water partition coefficient (Wildman–Crippen LogP) is 2.93. The number of nitrogens with one attached hydrogen (secondary N) is 2. The molecule has 31 heavy (non-hydrogen) atoms. The standard InChI is InChI=1S/C24H23N3O4/c1-24(19-10-8-18-13-20(31-2)11-9-17(18)12-19)22(29)27(23(30)26-24)15-21(28)25-14-16-6-4-3-5-7-16/h3-13H,14-15H2,1-2H3,(H,25,28)(H,26,30)/t24-/m0/s1. The zero-order valence-electron chi connectivity index (χ0n) is 17.3. The van der Waals surface area contributed by atoms with Crippen LogP contribution >= 0.6 is 0 Å². The number of rotatable bonds is 6. The highest BCUT2D eigenvalue weighted by Gasteiger charge is 2.49. The SMILES string of the molecule is COc1ccc2cc([C@]3(C)NC(=O)N(CC(=O)NCc4ccccc4)C3=O)ccc2c1. The molecule has 158 valence electrons. The van der Waals surface area contributed by atoms with Crippen LogP contribution in [0.15, 0.2) is 66.7 Å². The van der Waals surface area contributed by atoms with E-state index in [9.17, 15) is 14.4 Å². The molecule has 0 unspecified atom stereocenters. The summed E-state index contributed by atoms with van der Waals surface area (Å²) < 4.78 is 5.25. The fourth-order valence-electron chi connectivity index (χ4n) is 3.69. The number of ether oxygens (including phenoxy) is 1. The Kier molecular flexibility index (Phi) is 5.33. The van der Waals surface area contributed by atoms with Gasteiger partial charge in [0.15, 0.2) is 0 Å². The molecular formula is C24H23N3O4. The average Bonchev–Trinajstić information content (AvgIpc) is 3.01. The molecule has 1 atom stereocenters. The third-order valence-electron chi connectivity index (χ3n) is 5.53. The number of amides is 4. The van der Waals surface area contributed by atoms with Gasteiger partial charge < -0.3 is 15.4 Å². The van der Waals surface area contributed by atoms with Gasteiger partial charge in [-0.3, -0.25) is 14.5 Å². The van der Waals surface area contributed by atoms with E-state index in [-0.39, 0.29) is 6.54 Å². The molecule has 4 amide bonds. The first kappa shape index (κ1) is 20.4. The smallest absolute Gasteiger partial charge is 0.325 e. The van der Waals surface area contributed by atoms with Crippen molar-refractivity contribution in [2.45, 2.75) is 19.0 Å². The molecule has 0 saturated carbocycles. The van der Waals surface area contributed by atoms with E-state index in [2.05, 4.69) is 10.6 Å². The molecule has 3 aromatic carbocycles. The quantitative estimate of drug-likeness (QED) is 0.604. The van der Waals surface area contributed by atoms with E-state index in [4.69, 9.17) is 4.74 Å². The Morgan fingerprint density at radius 2 is 1.74 bits per heavy atom. The van der Waals surface area contributed by atoms with Gasteiger partial charge in [-0.15, -0.1) is 0 Å². The Labute approximate surface area is 180 Å². The number of fused-ring (bicyclic) bond motifs is 1. The van der Waals surface area contributed by atoms with Crippen molar-refractivity contribution < 1.29 is 19.1 Å². The lowest BCUT2D eigenvalue weighted by molar-refractivity contribution is -0.134. The van der Waals surface area contributed by atoms with Crippen LogP contribution in [0.4, 0.5) is 4.79 Å². The van der Waals surface area contributed by atoms with Crippen molar-refractivity contribution in [2.24, 2.45) is 0 Å². The molecule has 7 nitrogen and oxygen atoms in total. The first-order valence-corrected chi connectivity index (χ1v) is 9.94. The molecule has 1 fully saturated rings. The van der Waals surface area contributed by atoms with Gasteiger partial charge in [0.2, 0.25) is 5.91 Å². The Morgan fingerprint density at radius 3 is 2.48 bits per heavy atom. The first-order valence-electron chi connectivity index (χ1n) is 9.94. The zero-order chi connectivity index (χ0) is 22.0. The highest BCUT2D eigenvalue weighted by molar-refractivity contribution is 6.09. The van der Waals surface area contributed by atoms with E-state index >= 15 is 0 Å². The number of benzene rings is 3. The molecule has 2 N–H and O–H groups in total. The van der Waals surface area contributed by atoms with Crippen molar-refractivity contribution in [2.75, 3.05) is 13.7 Å². The zero-order valence-corrected chi connectivity index (χ0v) is 17.3. The van der Waals surface area contributed by atoms with Crippen LogP contribution in [0.5, 0.6) is 5.75 Å². The van der Waals surface area contributed by atoms with Crippen molar-refractivity contribution in [3.63, 3.8) is 0 Å². The summed E-state index contributed by atoms with van der Waals surface area (Å²) in [6.07, 6.45) is 0. The van der Waals surface area contributed by atoms with Crippen molar-refractivity contribution in [3.8, 4) is 5.75 Å². The molecule has 0 radical (unpaired) electrons. The van der Waals surface area contributed by atoms with E-state index in [0.717, 1.165) is 27.0 Å². The molecule has 0 spiro atoms. The summed E-state index contributed by atoms with van der Waals surface area (Å²) >= 11 is 0. The summed E-state index contributed by atoms with van der Waals surface area (Å²) in [4.78, 5) is 39.0. The molecule has 1 aliphatic heterocycles. The van der Waals surface area contributed by atoms with Gasteiger partial charge in [-0.05, 0) is 47.0 Å². The van der Waals surface area contributed by atoms with Crippen LogP contribution < -0.4 is 15.4 Å². The summed E-state index contributed by atoms with van der Waals surface area (Å²) in [5, 5.41) is 7.37. The molecule has 1 aliphatic rings. The maximum atomic E-state index is 13.1. The van der Waals surface area contributed by atoms with Crippen LogP contribution in [-0.4, -0.2) is 36.4 Å². The third-order valence-corrected chi connectivity index (χ3v) is 5.53. The van der Waals surface area contributed by atoms with Gasteiger partial charge >= 0.3 is 6.03 Å². The van der Waals surface area contributed by atoms with Gasteiger partial charge in [0.25, 0.3) is 5.91 Å². The highest BCUT2D eigenvalue weighted by Crippen LogP contribution is 2.31. The van der Waals surface area contributed by atoms with Crippen molar-refractivity contribution in [3.05, 3.63) is 77.9 Å². The van der Waals surface area contributed by atoms with Gasteiger partial charge in [-0.1, -0.05) is 48.5 Å². The Hall–Kier alpha value is -3.87. The van der Waals surface area contributed by atoms with Crippen molar-refractivity contribution in [1.82, 2.24) is 15.5 Å². The van der Waals surface area contributed by atoms with Gasteiger partial charge in [0, 0.05) is 6.54 Å². The minimum Gasteiger partial charge on any atom is -0.497 e. The Balaban J connectivity index is 1.50. The van der Waals surface area contributed by atoms with Crippen molar-refractivity contribution >= 4 is 28.6 Å². The fraction of sp³-hybridized carbons (Fsp3) is 0.208. The van der Waals surface area contributed by atoms with Crippen LogP contribution in [0.25, 0.3) is 10.8 Å². The second-order valence-electron chi connectivity index (χ2n) is 7.64. The van der Waals surface area contributed by atoms with E-state index in [1.807, 2.05) is 60.7 Å². The van der Waals surface area contributed by atoms with E-state index < -0.39 is 23.4 Å². The van der Waals surface area contributed by atoms with Crippen LogP contribution in [0.2, 0.25) is 0 Å². The molecule has 4 rings (SSSR count). The number of hydrogen-bond donors (Lipinski definition) is 2. The van der Waals surface area contributed by atoms with Crippen molar-refractivity contribution in [1.29, 1.82) is 0 Å². The summed E-state index contributed by atoms with van der Waals surface area (Å²) in [5.41, 5.74) is 0.339. The number of methoxy groups -OCH3 is 1. The number of carbonyl (C=O) groups is 3. The average molecular weight is 417 g/mol. The largest absolute Gasteiger partial charge is 0.497 e. The second kappa shape index (κ2) is 8.10. The lowest BCUT2D eigenvalue weighted by atomic mass is 9.90. The van der Waals surface area contributed by atoms with E-state index in [1.165, 1.54) is 0 Å². The Morgan fingerprint density at radius 1 is 1.03 bits per heavy atom. The van der Waals surface area contributed by atoms with E-state index in [1.54, 1.807) is 20.1 Å². The van der Waals surface area contributed by atoms with Gasteiger partial charge in [0.1, 0.15) is 17.8 Å². The Bertz CT molecular complexity index is 1160. The van der Waals surface area contributed by atoms with Crippen LogP contribution in [0.1, 0.15) is 18.1 Å². The molecule has 0 bridgehead atoms. The topological polar surface area (TPSA) is 87.7 Å².